The zero-order chi connectivity index (χ0) is 20.4. The second kappa shape index (κ2) is 8.13. The fourth-order valence-electron chi connectivity index (χ4n) is 3.30. The van der Waals surface area contributed by atoms with Crippen LogP contribution in [0, 0.1) is 12.8 Å². The molecule has 2 heterocycles. The highest BCUT2D eigenvalue weighted by molar-refractivity contribution is 7.99. The van der Waals surface area contributed by atoms with Crippen molar-refractivity contribution >= 4 is 35.0 Å². The van der Waals surface area contributed by atoms with E-state index in [1.807, 2.05) is 73.3 Å². The number of carbonyl (C=O) groups excluding carboxylic acids is 2. The van der Waals surface area contributed by atoms with Crippen molar-refractivity contribution in [2.45, 2.75) is 23.4 Å². The van der Waals surface area contributed by atoms with E-state index in [9.17, 15) is 9.59 Å². The second-order valence-electron chi connectivity index (χ2n) is 7.15. The highest BCUT2D eigenvalue weighted by atomic mass is 32.2. The first-order valence-electron chi connectivity index (χ1n) is 9.43. The van der Waals surface area contributed by atoms with Crippen molar-refractivity contribution in [3.8, 4) is 0 Å². The van der Waals surface area contributed by atoms with E-state index in [4.69, 9.17) is 0 Å². The number of rotatable bonds is 5. The van der Waals surface area contributed by atoms with Crippen molar-refractivity contribution < 1.29 is 9.59 Å². The molecule has 3 aromatic rings. The quantitative estimate of drug-likeness (QED) is 0.698. The number of hydrogen-bond donors (Lipinski definition) is 1. The van der Waals surface area contributed by atoms with Crippen LogP contribution < -0.4 is 10.2 Å². The standard InChI is InChI=1S/C22H22N4O2S/c1-15-7-9-17(10-8-15)26-14-16(13-20(26)27)21(28)24-18-5-3-4-6-19(18)29-22-23-11-12-25(22)2/h3-12,16H,13-14H2,1-2H3,(H,24,28). The number of imidazole rings is 1. The molecule has 148 valence electrons. The molecular formula is C22H22N4O2S. The average Bonchev–Trinajstić information content (AvgIpc) is 3.30. The second-order valence-corrected chi connectivity index (χ2v) is 8.16. The zero-order valence-corrected chi connectivity index (χ0v) is 17.1. The summed E-state index contributed by atoms with van der Waals surface area (Å²) in [5.74, 6) is -0.541. The molecule has 2 amide bonds. The van der Waals surface area contributed by atoms with E-state index in [1.165, 1.54) is 11.8 Å². The number of benzene rings is 2. The maximum Gasteiger partial charge on any atom is 0.229 e. The number of nitrogens with one attached hydrogen (secondary N) is 1. The van der Waals surface area contributed by atoms with E-state index in [0.717, 1.165) is 27.0 Å². The lowest BCUT2D eigenvalue weighted by Crippen LogP contribution is -2.28. The summed E-state index contributed by atoms with van der Waals surface area (Å²) in [6.07, 6.45) is 3.84. The van der Waals surface area contributed by atoms with Crippen LogP contribution in [0.5, 0.6) is 0 Å². The molecule has 1 aromatic heterocycles. The predicted octanol–water partition coefficient (Wildman–Crippen LogP) is 3.87. The lowest BCUT2D eigenvalue weighted by atomic mass is 10.1. The highest BCUT2D eigenvalue weighted by Gasteiger charge is 2.35. The van der Waals surface area contributed by atoms with Gasteiger partial charge in [-0.15, -0.1) is 0 Å². The van der Waals surface area contributed by atoms with Gasteiger partial charge in [0.1, 0.15) is 0 Å². The smallest absolute Gasteiger partial charge is 0.229 e. The normalized spacial score (nSPS) is 16.3. The minimum atomic E-state index is -0.380. The molecule has 0 saturated carbocycles. The number of aryl methyl sites for hydroxylation is 2. The number of hydrogen-bond acceptors (Lipinski definition) is 4. The molecular weight excluding hydrogens is 384 g/mol. The topological polar surface area (TPSA) is 67.2 Å². The van der Waals surface area contributed by atoms with Crippen LogP contribution in [0.15, 0.2) is 71.0 Å². The van der Waals surface area contributed by atoms with Gasteiger partial charge >= 0.3 is 0 Å². The SMILES string of the molecule is Cc1ccc(N2CC(C(=O)Nc3ccccc3Sc3nccn3C)CC2=O)cc1. The minimum absolute atomic E-state index is 0.0235. The molecule has 0 radical (unpaired) electrons. The summed E-state index contributed by atoms with van der Waals surface area (Å²) < 4.78 is 1.93. The highest BCUT2D eigenvalue weighted by Crippen LogP contribution is 2.33. The average molecular weight is 407 g/mol. The molecule has 7 heteroatoms. The third-order valence-electron chi connectivity index (χ3n) is 4.96. The van der Waals surface area contributed by atoms with Crippen molar-refractivity contribution in [3.05, 3.63) is 66.5 Å². The van der Waals surface area contributed by atoms with Gasteiger partial charge in [0, 0.05) is 43.0 Å². The molecule has 1 unspecified atom stereocenters. The lowest BCUT2D eigenvalue weighted by Gasteiger charge is -2.17. The largest absolute Gasteiger partial charge is 0.329 e. The Labute approximate surface area is 173 Å². The molecule has 0 bridgehead atoms. The van der Waals surface area contributed by atoms with Crippen LogP contribution in [0.2, 0.25) is 0 Å². The van der Waals surface area contributed by atoms with Crippen molar-refractivity contribution in [1.29, 1.82) is 0 Å². The Hall–Kier alpha value is -3.06. The molecule has 0 aliphatic carbocycles. The monoisotopic (exact) mass is 406 g/mol. The van der Waals surface area contributed by atoms with Crippen LogP contribution in [-0.4, -0.2) is 27.9 Å². The number of anilines is 2. The Morgan fingerprint density at radius 2 is 1.93 bits per heavy atom. The van der Waals surface area contributed by atoms with Gasteiger partial charge in [0.25, 0.3) is 0 Å². The Morgan fingerprint density at radius 1 is 1.17 bits per heavy atom. The van der Waals surface area contributed by atoms with E-state index in [1.54, 1.807) is 11.1 Å². The van der Waals surface area contributed by atoms with Gasteiger partial charge < -0.3 is 14.8 Å². The van der Waals surface area contributed by atoms with Gasteiger partial charge in [-0.2, -0.15) is 0 Å². The molecule has 29 heavy (non-hydrogen) atoms. The van der Waals surface area contributed by atoms with Crippen LogP contribution in [-0.2, 0) is 16.6 Å². The molecule has 1 atom stereocenters. The molecule has 0 spiro atoms. The van der Waals surface area contributed by atoms with Crippen molar-refractivity contribution in [1.82, 2.24) is 9.55 Å². The summed E-state index contributed by atoms with van der Waals surface area (Å²) in [6.45, 7) is 2.40. The van der Waals surface area contributed by atoms with Crippen LogP contribution in [0.25, 0.3) is 0 Å². The van der Waals surface area contributed by atoms with Gasteiger partial charge in [-0.05, 0) is 43.0 Å². The Morgan fingerprint density at radius 3 is 2.66 bits per heavy atom. The number of para-hydroxylation sites is 1. The molecule has 2 aromatic carbocycles. The Bertz CT molecular complexity index is 1040. The number of nitrogens with zero attached hydrogens (tertiary/aromatic N) is 3. The van der Waals surface area contributed by atoms with E-state index < -0.39 is 0 Å². The molecule has 1 fully saturated rings. The van der Waals surface area contributed by atoms with Crippen molar-refractivity contribution in [2.24, 2.45) is 13.0 Å². The Balaban J connectivity index is 1.47. The van der Waals surface area contributed by atoms with E-state index in [0.29, 0.717) is 6.54 Å². The van der Waals surface area contributed by atoms with Crippen molar-refractivity contribution in [3.63, 3.8) is 0 Å². The molecule has 1 aliphatic rings. The van der Waals surface area contributed by atoms with E-state index in [2.05, 4.69) is 10.3 Å². The third-order valence-corrected chi connectivity index (χ3v) is 6.12. The first-order chi connectivity index (χ1) is 14.0. The minimum Gasteiger partial charge on any atom is -0.329 e. The van der Waals surface area contributed by atoms with Crippen LogP contribution in [0.4, 0.5) is 11.4 Å². The Kier molecular flexibility index (Phi) is 5.40. The summed E-state index contributed by atoms with van der Waals surface area (Å²) in [6, 6.07) is 15.4. The van der Waals surface area contributed by atoms with Crippen LogP contribution in [0.1, 0.15) is 12.0 Å². The van der Waals surface area contributed by atoms with Gasteiger partial charge in [-0.25, -0.2) is 4.98 Å². The molecule has 1 N–H and O–H groups in total. The summed E-state index contributed by atoms with van der Waals surface area (Å²) in [5, 5.41) is 3.85. The number of amides is 2. The molecule has 6 nitrogen and oxygen atoms in total. The van der Waals surface area contributed by atoms with Crippen LogP contribution in [0.3, 0.4) is 0 Å². The number of carbonyl (C=O) groups is 2. The van der Waals surface area contributed by atoms with Gasteiger partial charge in [-0.1, -0.05) is 29.8 Å². The van der Waals surface area contributed by atoms with Gasteiger partial charge in [0.05, 0.1) is 11.6 Å². The van der Waals surface area contributed by atoms with Gasteiger partial charge in [0.15, 0.2) is 5.16 Å². The summed E-state index contributed by atoms with van der Waals surface area (Å²) in [4.78, 5) is 32.3. The first-order valence-corrected chi connectivity index (χ1v) is 10.2. The fraction of sp³-hybridized carbons (Fsp3) is 0.227. The summed E-state index contributed by atoms with van der Waals surface area (Å²) in [5.41, 5.74) is 2.70. The van der Waals surface area contributed by atoms with Gasteiger partial charge in [-0.3, -0.25) is 9.59 Å². The zero-order valence-electron chi connectivity index (χ0n) is 16.3. The molecule has 1 saturated heterocycles. The lowest BCUT2D eigenvalue weighted by molar-refractivity contribution is -0.122. The maximum absolute atomic E-state index is 12.9. The maximum atomic E-state index is 12.9. The molecule has 4 rings (SSSR count). The molecule has 1 aliphatic heterocycles. The van der Waals surface area contributed by atoms with E-state index >= 15 is 0 Å². The first kappa shape index (κ1) is 19.3. The third kappa shape index (κ3) is 4.19. The van der Waals surface area contributed by atoms with E-state index in [-0.39, 0.29) is 24.2 Å². The fourth-order valence-corrected chi connectivity index (χ4v) is 4.19. The van der Waals surface area contributed by atoms with Crippen molar-refractivity contribution in [2.75, 3.05) is 16.8 Å². The summed E-state index contributed by atoms with van der Waals surface area (Å²) >= 11 is 1.49. The van der Waals surface area contributed by atoms with Gasteiger partial charge in [0.2, 0.25) is 11.8 Å². The van der Waals surface area contributed by atoms with Crippen LogP contribution >= 0.6 is 11.8 Å². The summed E-state index contributed by atoms with van der Waals surface area (Å²) in [7, 11) is 1.93. The number of aromatic nitrogens is 2. The predicted molar refractivity (Wildman–Crippen MR) is 114 cm³/mol.